The molecule has 0 radical (unpaired) electrons. The molecule has 2 aromatic carbocycles. The normalized spacial score (nSPS) is 10.2. The Morgan fingerprint density at radius 3 is 2.36 bits per heavy atom. The lowest BCUT2D eigenvalue weighted by Crippen LogP contribution is -2.37. The van der Waals surface area contributed by atoms with Crippen molar-refractivity contribution in [3.8, 4) is 5.75 Å². The molecule has 0 fully saturated rings. The Morgan fingerprint density at radius 1 is 1.12 bits per heavy atom. The highest BCUT2D eigenvalue weighted by molar-refractivity contribution is 6.36. The summed E-state index contributed by atoms with van der Waals surface area (Å²) >= 11 is 12.0. The van der Waals surface area contributed by atoms with E-state index in [0.29, 0.717) is 33.6 Å². The van der Waals surface area contributed by atoms with Crippen LogP contribution in [0.1, 0.15) is 17.3 Å². The highest BCUT2D eigenvalue weighted by atomic mass is 35.5. The molecule has 0 aliphatic rings. The van der Waals surface area contributed by atoms with Gasteiger partial charge in [-0.15, -0.1) is 0 Å². The number of amides is 2. The van der Waals surface area contributed by atoms with Crippen molar-refractivity contribution in [2.75, 3.05) is 25.1 Å². The monoisotopic (exact) mass is 380 g/mol. The number of nitrogens with zero attached hydrogens (tertiary/aromatic N) is 1. The molecule has 2 amide bonds. The summed E-state index contributed by atoms with van der Waals surface area (Å²) in [6, 6.07) is 11.7. The van der Waals surface area contributed by atoms with Crippen molar-refractivity contribution in [1.29, 1.82) is 0 Å². The van der Waals surface area contributed by atoms with E-state index in [1.54, 1.807) is 49.6 Å². The van der Waals surface area contributed by atoms with E-state index in [2.05, 4.69) is 5.32 Å². The van der Waals surface area contributed by atoms with Gasteiger partial charge in [0.2, 0.25) is 5.91 Å². The summed E-state index contributed by atoms with van der Waals surface area (Å²) in [6.07, 6.45) is 0. The van der Waals surface area contributed by atoms with Crippen molar-refractivity contribution >= 4 is 40.7 Å². The van der Waals surface area contributed by atoms with E-state index < -0.39 is 0 Å². The van der Waals surface area contributed by atoms with Crippen LogP contribution in [0.2, 0.25) is 10.0 Å². The first kappa shape index (κ1) is 19.1. The fourth-order valence-corrected chi connectivity index (χ4v) is 2.78. The zero-order valence-corrected chi connectivity index (χ0v) is 15.4. The van der Waals surface area contributed by atoms with Crippen molar-refractivity contribution in [3.63, 3.8) is 0 Å². The molecule has 0 saturated carbocycles. The molecular weight excluding hydrogens is 363 g/mol. The maximum atomic E-state index is 12.1. The first-order valence-electron chi connectivity index (χ1n) is 7.57. The van der Waals surface area contributed by atoms with Crippen LogP contribution in [0.4, 0.5) is 5.69 Å². The van der Waals surface area contributed by atoms with Gasteiger partial charge < -0.3 is 15.0 Å². The van der Waals surface area contributed by atoms with Gasteiger partial charge in [-0.25, -0.2) is 0 Å². The molecule has 0 unspecified atom stereocenters. The van der Waals surface area contributed by atoms with Crippen LogP contribution < -0.4 is 15.0 Å². The van der Waals surface area contributed by atoms with Gasteiger partial charge in [0, 0.05) is 30.6 Å². The number of hydrogen-bond acceptors (Lipinski definition) is 3. The molecule has 7 heteroatoms. The molecule has 0 spiro atoms. The van der Waals surface area contributed by atoms with Crippen LogP contribution in [0.15, 0.2) is 42.5 Å². The highest BCUT2D eigenvalue weighted by Crippen LogP contribution is 2.28. The Labute approximate surface area is 156 Å². The Morgan fingerprint density at radius 2 is 1.80 bits per heavy atom. The smallest absolute Gasteiger partial charge is 0.251 e. The second kappa shape index (κ2) is 8.74. The van der Waals surface area contributed by atoms with Gasteiger partial charge >= 0.3 is 0 Å². The van der Waals surface area contributed by atoms with Crippen LogP contribution in [0.5, 0.6) is 5.75 Å². The quantitative estimate of drug-likeness (QED) is 0.829. The summed E-state index contributed by atoms with van der Waals surface area (Å²) < 4.78 is 5.06. The third-order valence-corrected chi connectivity index (χ3v) is 4.09. The van der Waals surface area contributed by atoms with Gasteiger partial charge in [0.15, 0.2) is 0 Å². The maximum absolute atomic E-state index is 12.1. The average molecular weight is 381 g/mol. The predicted octanol–water partition coefficient (Wildman–Crippen LogP) is 3.78. The van der Waals surface area contributed by atoms with Gasteiger partial charge in [-0.05, 0) is 42.5 Å². The first-order chi connectivity index (χ1) is 11.9. The Bertz CT molecular complexity index is 763. The molecule has 5 nitrogen and oxygen atoms in total. The number of anilines is 1. The zero-order valence-electron chi connectivity index (χ0n) is 13.9. The molecule has 0 saturated heterocycles. The number of benzene rings is 2. The lowest BCUT2D eigenvalue weighted by molar-refractivity contribution is -0.116. The van der Waals surface area contributed by atoms with E-state index >= 15 is 0 Å². The van der Waals surface area contributed by atoms with Gasteiger partial charge in [0.05, 0.1) is 17.8 Å². The molecule has 0 aliphatic carbocycles. The summed E-state index contributed by atoms with van der Waals surface area (Å²) in [5.41, 5.74) is 1.07. The van der Waals surface area contributed by atoms with E-state index in [4.69, 9.17) is 27.9 Å². The number of rotatable bonds is 6. The molecular formula is C18H18Cl2N2O3. The molecule has 0 bridgehead atoms. The maximum Gasteiger partial charge on any atom is 0.251 e. The number of carbonyl (C=O) groups excluding carboxylic acids is 2. The number of methoxy groups -OCH3 is 1. The minimum Gasteiger partial charge on any atom is -0.497 e. The number of hydrogen-bond donors (Lipinski definition) is 1. The van der Waals surface area contributed by atoms with Crippen molar-refractivity contribution in [2.24, 2.45) is 0 Å². The fourth-order valence-electron chi connectivity index (χ4n) is 2.27. The molecule has 2 rings (SSSR count). The Kier molecular flexibility index (Phi) is 6.67. The minimum atomic E-state index is -0.228. The van der Waals surface area contributed by atoms with E-state index in [-0.39, 0.29) is 18.4 Å². The SMILES string of the molecule is COc1ccc(C(=O)NCCN(C(C)=O)c2ccc(Cl)cc2Cl)cc1. The molecule has 2 aromatic rings. The average Bonchev–Trinajstić information content (AvgIpc) is 2.59. The lowest BCUT2D eigenvalue weighted by atomic mass is 10.2. The van der Waals surface area contributed by atoms with Gasteiger partial charge in [-0.2, -0.15) is 0 Å². The molecule has 0 aromatic heterocycles. The topological polar surface area (TPSA) is 58.6 Å². The predicted molar refractivity (Wildman–Crippen MR) is 99.8 cm³/mol. The summed E-state index contributed by atoms with van der Waals surface area (Å²) in [5, 5.41) is 3.65. The first-order valence-corrected chi connectivity index (χ1v) is 8.33. The van der Waals surface area contributed by atoms with Crippen LogP contribution in [-0.2, 0) is 4.79 Å². The fraction of sp³-hybridized carbons (Fsp3) is 0.222. The van der Waals surface area contributed by atoms with Gasteiger partial charge in [-0.1, -0.05) is 23.2 Å². The largest absolute Gasteiger partial charge is 0.497 e. The molecule has 0 aliphatic heterocycles. The highest BCUT2D eigenvalue weighted by Gasteiger charge is 2.15. The standard InChI is InChI=1S/C18H18Cl2N2O3/c1-12(23)22(17-8-5-14(19)11-16(17)20)10-9-21-18(24)13-3-6-15(25-2)7-4-13/h3-8,11H,9-10H2,1-2H3,(H,21,24). The summed E-state index contributed by atoms with van der Waals surface area (Å²) in [7, 11) is 1.56. The van der Waals surface area contributed by atoms with Crippen molar-refractivity contribution < 1.29 is 14.3 Å². The Balaban J connectivity index is 1.99. The van der Waals surface area contributed by atoms with Crippen molar-refractivity contribution in [3.05, 3.63) is 58.1 Å². The van der Waals surface area contributed by atoms with Crippen molar-refractivity contribution in [1.82, 2.24) is 5.32 Å². The van der Waals surface area contributed by atoms with E-state index in [9.17, 15) is 9.59 Å². The van der Waals surface area contributed by atoms with E-state index in [0.717, 1.165) is 0 Å². The van der Waals surface area contributed by atoms with Crippen LogP contribution in [0, 0.1) is 0 Å². The van der Waals surface area contributed by atoms with Gasteiger partial charge in [0.1, 0.15) is 5.75 Å². The van der Waals surface area contributed by atoms with Crippen LogP contribution in [-0.4, -0.2) is 32.0 Å². The Hall–Kier alpha value is -2.24. The van der Waals surface area contributed by atoms with Crippen LogP contribution >= 0.6 is 23.2 Å². The molecule has 0 heterocycles. The number of nitrogens with one attached hydrogen (secondary N) is 1. The minimum absolute atomic E-state index is 0.178. The van der Waals surface area contributed by atoms with E-state index in [1.807, 2.05) is 0 Å². The zero-order chi connectivity index (χ0) is 18.4. The number of halogens is 2. The molecule has 1 N–H and O–H groups in total. The summed E-state index contributed by atoms with van der Waals surface area (Å²) in [4.78, 5) is 25.5. The number of ether oxygens (including phenoxy) is 1. The van der Waals surface area contributed by atoms with E-state index in [1.165, 1.54) is 11.8 Å². The second-order valence-corrected chi connectivity index (χ2v) is 6.09. The third kappa shape index (κ3) is 5.11. The summed E-state index contributed by atoms with van der Waals surface area (Å²) in [6.45, 7) is 2.01. The molecule has 25 heavy (non-hydrogen) atoms. The third-order valence-electron chi connectivity index (χ3n) is 3.55. The number of carbonyl (C=O) groups is 2. The van der Waals surface area contributed by atoms with Crippen LogP contribution in [0.25, 0.3) is 0 Å². The second-order valence-electron chi connectivity index (χ2n) is 5.25. The van der Waals surface area contributed by atoms with Crippen LogP contribution in [0.3, 0.4) is 0 Å². The van der Waals surface area contributed by atoms with Crippen molar-refractivity contribution in [2.45, 2.75) is 6.92 Å². The molecule has 0 atom stereocenters. The van der Waals surface area contributed by atoms with Gasteiger partial charge in [-0.3, -0.25) is 9.59 Å². The lowest BCUT2D eigenvalue weighted by Gasteiger charge is -2.22. The molecule has 132 valence electrons. The van der Waals surface area contributed by atoms with Gasteiger partial charge in [0.25, 0.3) is 5.91 Å². The summed E-state index contributed by atoms with van der Waals surface area (Å²) in [5.74, 6) is 0.271.